The third-order valence-corrected chi connectivity index (χ3v) is 1.72. The summed E-state index contributed by atoms with van der Waals surface area (Å²) < 4.78 is 6.15. The van der Waals surface area contributed by atoms with Crippen LogP contribution in [0.25, 0.3) is 11.0 Å². The number of phenols is 1. The van der Waals surface area contributed by atoms with E-state index in [1.807, 2.05) is 0 Å². The fraction of sp³-hybridized carbons (Fsp3) is 0.125. The molecule has 0 spiro atoms. The van der Waals surface area contributed by atoms with Gasteiger partial charge in [-0.1, -0.05) is 0 Å². The van der Waals surface area contributed by atoms with E-state index in [-0.39, 0.29) is 11.3 Å². The van der Waals surface area contributed by atoms with Crippen LogP contribution in [-0.4, -0.2) is 9.85 Å². The van der Waals surface area contributed by atoms with E-state index in [0.717, 1.165) is 4.74 Å². The lowest BCUT2D eigenvalue weighted by molar-refractivity contribution is 0.323. The van der Waals surface area contributed by atoms with Crippen LogP contribution < -0.4 is 5.56 Å². The van der Waals surface area contributed by atoms with E-state index in [0.29, 0.717) is 11.0 Å². The minimum absolute atomic E-state index is 0.0943. The third-order valence-electron chi connectivity index (χ3n) is 1.72. The molecule has 0 atom stereocenters. The molecule has 2 aromatic rings. The van der Waals surface area contributed by atoms with Crippen molar-refractivity contribution in [3.8, 4) is 5.75 Å². The topological polar surface area (TPSA) is 55.4 Å². The lowest BCUT2D eigenvalue weighted by atomic mass is 10.2. The van der Waals surface area contributed by atoms with Crippen molar-refractivity contribution in [2.75, 3.05) is 0 Å². The Balaban J connectivity index is 2.97. The summed E-state index contributed by atoms with van der Waals surface area (Å²) in [4.78, 5) is 11.2. The van der Waals surface area contributed by atoms with E-state index in [1.165, 1.54) is 25.2 Å². The molecule has 1 aromatic carbocycles. The van der Waals surface area contributed by atoms with Crippen molar-refractivity contribution in [1.82, 2.24) is 4.74 Å². The molecule has 0 radical (unpaired) electrons. The number of benzene rings is 1. The summed E-state index contributed by atoms with van der Waals surface area (Å²) in [6.45, 7) is 0. The number of fused-ring (bicyclic) bond motifs is 1. The summed E-state index contributed by atoms with van der Waals surface area (Å²) in [6, 6.07) is 4.41. The second kappa shape index (κ2) is 2.14. The van der Waals surface area contributed by atoms with Gasteiger partial charge >= 0.3 is 0 Å². The van der Waals surface area contributed by atoms with Gasteiger partial charge in [0.15, 0.2) is 5.58 Å². The molecule has 0 saturated heterocycles. The molecule has 62 valence electrons. The molecular formula is C8H7NO3. The zero-order valence-electron chi connectivity index (χ0n) is 6.44. The molecule has 0 aliphatic heterocycles. The van der Waals surface area contributed by atoms with Gasteiger partial charge in [-0.2, -0.15) is 4.74 Å². The predicted octanol–water partition coefficient (Wildman–Crippen LogP) is 0.837. The molecule has 4 nitrogen and oxygen atoms in total. The van der Waals surface area contributed by atoms with Crippen molar-refractivity contribution in [1.29, 1.82) is 0 Å². The maximum Gasteiger partial charge on any atom is 0.290 e. The van der Waals surface area contributed by atoms with Gasteiger partial charge in [0.25, 0.3) is 5.56 Å². The van der Waals surface area contributed by atoms with Gasteiger partial charge in [-0.25, -0.2) is 0 Å². The van der Waals surface area contributed by atoms with E-state index < -0.39 is 0 Å². The first-order valence-electron chi connectivity index (χ1n) is 3.47. The van der Waals surface area contributed by atoms with E-state index in [4.69, 9.17) is 9.63 Å². The molecule has 0 fully saturated rings. The van der Waals surface area contributed by atoms with Crippen molar-refractivity contribution < 1.29 is 9.63 Å². The Morgan fingerprint density at radius 1 is 1.50 bits per heavy atom. The second-order valence-corrected chi connectivity index (χ2v) is 2.57. The zero-order valence-corrected chi connectivity index (χ0v) is 6.44. The van der Waals surface area contributed by atoms with Crippen LogP contribution in [0.3, 0.4) is 0 Å². The van der Waals surface area contributed by atoms with E-state index in [9.17, 15) is 4.79 Å². The van der Waals surface area contributed by atoms with Crippen LogP contribution in [0.2, 0.25) is 0 Å². The lowest BCUT2D eigenvalue weighted by Crippen LogP contribution is -2.08. The van der Waals surface area contributed by atoms with E-state index in [1.54, 1.807) is 0 Å². The van der Waals surface area contributed by atoms with E-state index in [2.05, 4.69) is 0 Å². The monoisotopic (exact) mass is 165 g/mol. The Morgan fingerprint density at radius 2 is 2.25 bits per heavy atom. The van der Waals surface area contributed by atoms with Crippen LogP contribution in [0.5, 0.6) is 5.75 Å². The molecule has 1 N–H and O–H groups in total. The van der Waals surface area contributed by atoms with E-state index >= 15 is 0 Å². The summed E-state index contributed by atoms with van der Waals surface area (Å²) in [5.74, 6) is 0.0943. The first-order chi connectivity index (χ1) is 5.68. The van der Waals surface area contributed by atoms with Crippen LogP contribution in [0.1, 0.15) is 0 Å². The smallest absolute Gasteiger partial charge is 0.290 e. The summed E-state index contributed by atoms with van der Waals surface area (Å²) in [5.41, 5.74) is 0.215. The molecule has 12 heavy (non-hydrogen) atoms. The van der Waals surface area contributed by atoms with Crippen LogP contribution in [0.15, 0.2) is 27.5 Å². The zero-order chi connectivity index (χ0) is 8.72. The Kier molecular flexibility index (Phi) is 1.24. The highest BCUT2D eigenvalue weighted by atomic mass is 16.5. The molecule has 4 heteroatoms. The summed E-state index contributed by atoms with van der Waals surface area (Å²) in [5, 5.41) is 9.54. The Morgan fingerprint density at radius 3 is 3.00 bits per heavy atom. The highest BCUT2D eigenvalue weighted by Crippen LogP contribution is 2.16. The second-order valence-electron chi connectivity index (χ2n) is 2.57. The summed E-state index contributed by atoms with van der Waals surface area (Å²) in [7, 11) is 1.53. The molecule has 0 aliphatic carbocycles. The van der Waals surface area contributed by atoms with Crippen LogP contribution >= 0.6 is 0 Å². The van der Waals surface area contributed by atoms with Gasteiger partial charge in [0.05, 0.1) is 5.39 Å². The van der Waals surface area contributed by atoms with Crippen molar-refractivity contribution in [2.24, 2.45) is 7.05 Å². The Labute approximate surface area is 67.6 Å². The number of hydrogen-bond acceptors (Lipinski definition) is 3. The average molecular weight is 165 g/mol. The summed E-state index contributed by atoms with van der Waals surface area (Å²) >= 11 is 0. The minimum Gasteiger partial charge on any atom is -0.508 e. The molecule has 0 aliphatic rings. The number of aromatic nitrogens is 1. The number of nitrogens with zero attached hydrogens (tertiary/aromatic N) is 1. The quantitative estimate of drug-likeness (QED) is 0.629. The number of rotatable bonds is 0. The van der Waals surface area contributed by atoms with Crippen LogP contribution in [0, 0.1) is 0 Å². The number of aryl methyl sites for hydroxylation is 1. The maximum absolute atomic E-state index is 11.2. The van der Waals surface area contributed by atoms with Crippen LogP contribution in [0.4, 0.5) is 0 Å². The van der Waals surface area contributed by atoms with Crippen LogP contribution in [-0.2, 0) is 7.05 Å². The number of phenolic OH excluding ortho intramolecular Hbond substituents is 1. The fourth-order valence-electron chi connectivity index (χ4n) is 1.12. The maximum atomic E-state index is 11.2. The first kappa shape index (κ1) is 6.97. The highest BCUT2D eigenvalue weighted by molar-refractivity contribution is 5.77. The lowest BCUT2D eigenvalue weighted by Gasteiger charge is -1.86. The molecule has 0 unspecified atom stereocenters. The molecule has 1 heterocycles. The largest absolute Gasteiger partial charge is 0.508 e. The molecule has 1 aromatic heterocycles. The van der Waals surface area contributed by atoms with Gasteiger partial charge in [-0.05, 0) is 12.1 Å². The fourth-order valence-corrected chi connectivity index (χ4v) is 1.12. The Bertz CT molecular complexity index is 480. The van der Waals surface area contributed by atoms with Gasteiger partial charge < -0.3 is 9.63 Å². The first-order valence-corrected chi connectivity index (χ1v) is 3.47. The van der Waals surface area contributed by atoms with Gasteiger partial charge in [0, 0.05) is 13.1 Å². The van der Waals surface area contributed by atoms with Crippen molar-refractivity contribution in [3.63, 3.8) is 0 Å². The molecule has 0 saturated carbocycles. The Hall–Kier alpha value is -1.71. The van der Waals surface area contributed by atoms with Crippen molar-refractivity contribution in [2.45, 2.75) is 0 Å². The SMILES string of the molecule is Cn1oc2cc(O)ccc2c1=O. The normalized spacial score (nSPS) is 10.8. The van der Waals surface area contributed by atoms with Crippen molar-refractivity contribution >= 4 is 11.0 Å². The molecule has 0 bridgehead atoms. The standard InChI is InChI=1S/C8H7NO3/c1-9-8(11)6-3-2-5(10)4-7(6)12-9/h2-4,10H,1H3. The average Bonchev–Trinajstić information content (AvgIpc) is 2.28. The molecule has 0 amide bonds. The summed E-state index contributed by atoms with van der Waals surface area (Å²) in [6.07, 6.45) is 0. The predicted molar refractivity (Wildman–Crippen MR) is 43.1 cm³/mol. The van der Waals surface area contributed by atoms with Gasteiger partial charge in [0.2, 0.25) is 0 Å². The van der Waals surface area contributed by atoms with Gasteiger partial charge in [-0.15, -0.1) is 0 Å². The number of hydrogen-bond donors (Lipinski definition) is 1. The highest BCUT2D eigenvalue weighted by Gasteiger charge is 2.05. The van der Waals surface area contributed by atoms with Gasteiger partial charge in [0.1, 0.15) is 5.75 Å². The molecular weight excluding hydrogens is 158 g/mol. The third kappa shape index (κ3) is 0.812. The van der Waals surface area contributed by atoms with Crippen molar-refractivity contribution in [3.05, 3.63) is 28.6 Å². The van der Waals surface area contributed by atoms with Gasteiger partial charge in [-0.3, -0.25) is 4.79 Å². The minimum atomic E-state index is -0.190. The number of aromatic hydroxyl groups is 1. The molecule has 2 rings (SSSR count).